The number of hydrogen-bond acceptors (Lipinski definition) is 3. The van der Waals surface area contributed by atoms with Crippen molar-refractivity contribution in [2.45, 2.75) is 25.9 Å². The van der Waals surface area contributed by atoms with Crippen LogP contribution in [0.2, 0.25) is 10.0 Å². The van der Waals surface area contributed by atoms with Gasteiger partial charge in [0.25, 0.3) is 0 Å². The Morgan fingerprint density at radius 1 is 1.10 bits per heavy atom. The van der Waals surface area contributed by atoms with Crippen LogP contribution < -0.4 is 10.6 Å². The van der Waals surface area contributed by atoms with Crippen molar-refractivity contribution in [3.63, 3.8) is 0 Å². The summed E-state index contributed by atoms with van der Waals surface area (Å²) in [5.74, 6) is 0.772. The van der Waals surface area contributed by atoms with Crippen LogP contribution in [0.15, 0.2) is 60.1 Å². The smallest absolute Gasteiger partial charge is 0.191 e. The van der Waals surface area contributed by atoms with Gasteiger partial charge in [0.1, 0.15) is 12.7 Å². The molecule has 0 aliphatic carbocycles. The van der Waals surface area contributed by atoms with Crippen molar-refractivity contribution in [2.24, 2.45) is 4.99 Å². The van der Waals surface area contributed by atoms with Gasteiger partial charge < -0.3 is 10.6 Å². The number of halogens is 2. The number of aryl methyl sites for hydroxylation is 1. The van der Waals surface area contributed by atoms with Gasteiger partial charge in [-0.15, -0.1) is 0 Å². The third-order valence-corrected chi connectivity index (χ3v) is 5.00. The van der Waals surface area contributed by atoms with Crippen LogP contribution in [0, 0.1) is 0 Å². The summed E-state index contributed by atoms with van der Waals surface area (Å²) >= 11 is 12.2. The topological polar surface area (TPSA) is 67.1 Å². The SMILES string of the molecule is CN=C(NCCCc1ccc(Cl)cc1Cl)NCc1cccc(Cn2cncn2)c1. The molecular formula is C21H24Cl2N6. The molecule has 0 aliphatic rings. The highest BCUT2D eigenvalue weighted by Crippen LogP contribution is 2.21. The summed E-state index contributed by atoms with van der Waals surface area (Å²) in [6.45, 7) is 2.19. The normalized spacial score (nSPS) is 11.5. The van der Waals surface area contributed by atoms with E-state index in [-0.39, 0.29) is 0 Å². The van der Waals surface area contributed by atoms with Gasteiger partial charge in [0.15, 0.2) is 5.96 Å². The van der Waals surface area contributed by atoms with Gasteiger partial charge in [0.05, 0.1) is 6.54 Å². The van der Waals surface area contributed by atoms with E-state index < -0.39 is 0 Å². The van der Waals surface area contributed by atoms with E-state index in [1.165, 1.54) is 11.1 Å². The molecule has 0 spiro atoms. The van der Waals surface area contributed by atoms with Crippen LogP contribution in [0.1, 0.15) is 23.1 Å². The van der Waals surface area contributed by atoms with Crippen molar-refractivity contribution in [3.05, 3.63) is 81.9 Å². The largest absolute Gasteiger partial charge is 0.356 e. The molecule has 1 heterocycles. The third-order valence-electron chi connectivity index (χ3n) is 4.42. The Balaban J connectivity index is 1.43. The number of hydrogen-bond donors (Lipinski definition) is 2. The Morgan fingerprint density at radius 3 is 2.72 bits per heavy atom. The number of nitrogens with zero attached hydrogens (tertiary/aromatic N) is 4. The van der Waals surface area contributed by atoms with Gasteiger partial charge in [-0.25, -0.2) is 9.67 Å². The summed E-state index contributed by atoms with van der Waals surface area (Å²) in [5, 5.41) is 12.2. The Kier molecular flexibility index (Phi) is 7.90. The molecule has 0 saturated carbocycles. The summed E-state index contributed by atoms with van der Waals surface area (Å²) in [6.07, 6.45) is 5.08. The van der Waals surface area contributed by atoms with Crippen LogP contribution in [-0.2, 0) is 19.5 Å². The van der Waals surface area contributed by atoms with Gasteiger partial charge in [-0.05, 0) is 41.7 Å². The van der Waals surface area contributed by atoms with E-state index in [9.17, 15) is 0 Å². The fraction of sp³-hybridized carbons (Fsp3) is 0.286. The molecule has 0 aliphatic heterocycles. The minimum Gasteiger partial charge on any atom is -0.356 e. The highest BCUT2D eigenvalue weighted by molar-refractivity contribution is 6.35. The molecule has 0 amide bonds. The van der Waals surface area contributed by atoms with E-state index in [2.05, 4.69) is 50.0 Å². The number of rotatable bonds is 8. The Bertz CT molecular complexity index is 940. The zero-order valence-corrected chi connectivity index (χ0v) is 17.8. The van der Waals surface area contributed by atoms with E-state index in [0.717, 1.165) is 30.9 Å². The maximum atomic E-state index is 6.22. The molecule has 0 radical (unpaired) electrons. The summed E-state index contributed by atoms with van der Waals surface area (Å²) in [7, 11) is 1.77. The predicted octanol–water partition coefficient (Wildman–Crippen LogP) is 3.93. The molecule has 152 valence electrons. The number of nitrogens with one attached hydrogen (secondary N) is 2. The van der Waals surface area contributed by atoms with Gasteiger partial charge in [0.2, 0.25) is 0 Å². The molecule has 8 heteroatoms. The maximum Gasteiger partial charge on any atom is 0.191 e. The van der Waals surface area contributed by atoms with E-state index in [0.29, 0.717) is 23.1 Å². The number of guanidine groups is 1. The number of benzene rings is 2. The lowest BCUT2D eigenvalue weighted by Gasteiger charge is -2.13. The minimum absolute atomic E-state index is 0.659. The Labute approximate surface area is 181 Å². The number of aliphatic imine (C=N–C) groups is 1. The van der Waals surface area contributed by atoms with E-state index >= 15 is 0 Å². The van der Waals surface area contributed by atoms with Crippen LogP contribution in [-0.4, -0.2) is 34.3 Å². The van der Waals surface area contributed by atoms with Crippen molar-refractivity contribution in [2.75, 3.05) is 13.6 Å². The summed E-state index contributed by atoms with van der Waals surface area (Å²) in [6, 6.07) is 14.0. The van der Waals surface area contributed by atoms with Crippen molar-refractivity contribution in [3.8, 4) is 0 Å². The summed E-state index contributed by atoms with van der Waals surface area (Å²) in [5.41, 5.74) is 3.46. The molecule has 3 aromatic rings. The molecule has 6 nitrogen and oxygen atoms in total. The first-order valence-corrected chi connectivity index (χ1v) is 10.2. The van der Waals surface area contributed by atoms with Crippen molar-refractivity contribution in [1.82, 2.24) is 25.4 Å². The first kappa shape index (κ1) is 21.1. The van der Waals surface area contributed by atoms with Gasteiger partial charge in [-0.3, -0.25) is 4.99 Å². The second-order valence-corrected chi connectivity index (χ2v) is 7.45. The third kappa shape index (κ3) is 6.76. The molecule has 0 atom stereocenters. The molecular weight excluding hydrogens is 407 g/mol. The maximum absolute atomic E-state index is 6.22. The summed E-state index contributed by atoms with van der Waals surface area (Å²) in [4.78, 5) is 8.27. The first-order valence-electron chi connectivity index (χ1n) is 9.42. The predicted molar refractivity (Wildman–Crippen MR) is 119 cm³/mol. The summed E-state index contributed by atoms with van der Waals surface area (Å²) < 4.78 is 1.81. The highest BCUT2D eigenvalue weighted by Gasteiger charge is 2.03. The van der Waals surface area contributed by atoms with Crippen LogP contribution in [0.3, 0.4) is 0 Å². The molecule has 0 fully saturated rings. The lowest BCUT2D eigenvalue weighted by Crippen LogP contribution is -2.37. The molecule has 1 aromatic heterocycles. The highest BCUT2D eigenvalue weighted by atomic mass is 35.5. The number of aromatic nitrogens is 3. The van der Waals surface area contributed by atoms with Crippen LogP contribution in [0.4, 0.5) is 0 Å². The van der Waals surface area contributed by atoms with Crippen molar-refractivity contribution >= 4 is 29.2 Å². The average molecular weight is 431 g/mol. The second kappa shape index (κ2) is 10.8. The van der Waals surface area contributed by atoms with E-state index in [1.807, 2.05) is 12.1 Å². The molecule has 0 unspecified atom stereocenters. The van der Waals surface area contributed by atoms with E-state index in [4.69, 9.17) is 23.2 Å². The average Bonchev–Trinajstić information content (AvgIpc) is 3.22. The zero-order valence-electron chi connectivity index (χ0n) is 16.3. The van der Waals surface area contributed by atoms with E-state index in [1.54, 1.807) is 30.5 Å². The first-order chi connectivity index (χ1) is 14.1. The molecule has 29 heavy (non-hydrogen) atoms. The molecule has 0 bridgehead atoms. The van der Waals surface area contributed by atoms with Crippen LogP contribution in [0.5, 0.6) is 0 Å². The fourth-order valence-corrected chi connectivity index (χ4v) is 3.46. The van der Waals surface area contributed by atoms with Gasteiger partial charge in [-0.2, -0.15) is 5.10 Å². The van der Waals surface area contributed by atoms with Crippen molar-refractivity contribution in [1.29, 1.82) is 0 Å². The molecule has 0 saturated heterocycles. The van der Waals surface area contributed by atoms with Gasteiger partial charge >= 0.3 is 0 Å². The minimum atomic E-state index is 0.659. The Morgan fingerprint density at radius 2 is 1.97 bits per heavy atom. The van der Waals surface area contributed by atoms with Crippen LogP contribution in [0.25, 0.3) is 0 Å². The van der Waals surface area contributed by atoms with Crippen molar-refractivity contribution < 1.29 is 0 Å². The lowest BCUT2D eigenvalue weighted by molar-refractivity contribution is 0.683. The zero-order chi connectivity index (χ0) is 20.5. The molecule has 3 rings (SSSR count). The second-order valence-electron chi connectivity index (χ2n) is 6.60. The molecule has 2 aromatic carbocycles. The fourth-order valence-electron chi connectivity index (χ4n) is 2.96. The van der Waals surface area contributed by atoms with Gasteiger partial charge in [0, 0.05) is 30.2 Å². The Hall–Kier alpha value is -2.57. The standard InChI is InChI=1S/C21H24Cl2N6/c1-24-21(26-9-3-6-18-7-8-19(22)11-20(18)23)27-12-16-4-2-5-17(10-16)13-29-15-25-14-28-29/h2,4-5,7-8,10-11,14-15H,3,6,9,12-13H2,1H3,(H2,24,26,27). The van der Waals surface area contributed by atoms with Gasteiger partial charge in [-0.1, -0.05) is 53.5 Å². The monoisotopic (exact) mass is 430 g/mol. The van der Waals surface area contributed by atoms with Crippen LogP contribution >= 0.6 is 23.2 Å². The molecule has 2 N–H and O–H groups in total. The lowest BCUT2D eigenvalue weighted by atomic mass is 10.1. The quantitative estimate of drug-likeness (QED) is 0.322.